The fraction of sp³-hybridized carbons (Fsp3) is 0.200. The van der Waals surface area contributed by atoms with E-state index in [0.717, 1.165) is 22.6 Å². The largest absolute Gasteiger partial charge is 0.345 e. The quantitative estimate of drug-likeness (QED) is 0.556. The maximum atomic E-state index is 13.2. The van der Waals surface area contributed by atoms with Crippen LogP contribution in [0.4, 0.5) is 10.1 Å². The van der Waals surface area contributed by atoms with Crippen molar-refractivity contribution in [2.24, 2.45) is 0 Å². The number of carbonyl (C=O) groups is 2. The highest BCUT2D eigenvalue weighted by molar-refractivity contribution is 8.00. The maximum absolute atomic E-state index is 13.2. The van der Waals surface area contributed by atoms with Gasteiger partial charge in [-0.3, -0.25) is 9.59 Å². The first-order valence-corrected chi connectivity index (χ1v) is 11.2. The van der Waals surface area contributed by atoms with Gasteiger partial charge in [-0.2, -0.15) is 0 Å². The van der Waals surface area contributed by atoms with Gasteiger partial charge in [-0.15, -0.1) is 11.8 Å². The van der Waals surface area contributed by atoms with E-state index < -0.39 is 0 Å². The van der Waals surface area contributed by atoms with E-state index in [1.807, 2.05) is 42.2 Å². The van der Waals surface area contributed by atoms with E-state index in [2.05, 4.69) is 11.4 Å². The van der Waals surface area contributed by atoms with Gasteiger partial charge < -0.3 is 10.2 Å². The third-order valence-electron chi connectivity index (χ3n) is 5.39. The van der Waals surface area contributed by atoms with Crippen LogP contribution in [0.3, 0.4) is 0 Å². The molecule has 4 rings (SSSR count). The molecule has 0 bridgehead atoms. The first-order valence-electron chi connectivity index (χ1n) is 10.2. The van der Waals surface area contributed by atoms with Crippen molar-refractivity contribution in [2.75, 3.05) is 17.2 Å². The van der Waals surface area contributed by atoms with Gasteiger partial charge in [0.05, 0.1) is 17.4 Å². The summed E-state index contributed by atoms with van der Waals surface area (Å²) >= 11 is 1.37. The molecule has 1 atom stereocenters. The summed E-state index contributed by atoms with van der Waals surface area (Å²) in [6.45, 7) is 2.55. The first-order chi connectivity index (χ1) is 15.0. The Bertz CT molecular complexity index is 1100. The molecule has 31 heavy (non-hydrogen) atoms. The van der Waals surface area contributed by atoms with Crippen LogP contribution in [0.2, 0.25) is 0 Å². The highest BCUT2D eigenvalue weighted by Gasteiger charge is 2.24. The fourth-order valence-electron chi connectivity index (χ4n) is 3.70. The van der Waals surface area contributed by atoms with Crippen molar-refractivity contribution in [3.63, 3.8) is 0 Å². The third-order valence-corrected chi connectivity index (χ3v) is 6.45. The molecule has 0 fully saturated rings. The molecule has 1 unspecified atom stereocenters. The molecule has 0 saturated heterocycles. The smallest absolute Gasteiger partial charge is 0.252 e. The SMILES string of the molecule is CC(NC(=O)c1ccccc1SCC(=O)N1CCc2ccccc21)c1ccc(F)cc1. The number of fused-ring (bicyclic) bond motifs is 1. The number of rotatable bonds is 6. The molecule has 0 aliphatic carbocycles. The van der Waals surface area contributed by atoms with E-state index in [4.69, 9.17) is 0 Å². The van der Waals surface area contributed by atoms with Crippen LogP contribution in [-0.4, -0.2) is 24.1 Å². The van der Waals surface area contributed by atoms with Crippen molar-refractivity contribution < 1.29 is 14.0 Å². The van der Waals surface area contributed by atoms with Gasteiger partial charge in [0, 0.05) is 17.1 Å². The van der Waals surface area contributed by atoms with Crippen LogP contribution in [-0.2, 0) is 11.2 Å². The zero-order chi connectivity index (χ0) is 21.8. The van der Waals surface area contributed by atoms with Crippen LogP contribution in [0, 0.1) is 5.82 Å². The Morgan fingerprint density at radius 3 is 2.55 bits per heavy atom. The molecule has 1 N–H and O–H groups in total. The monoisotopic (exact) mass is 434 g/mol. The number of thioether (sulfide) groups is 1. The van der Waals surface area contributed by atoms with E-state index in [0.29, 0.717) is 12.1 Å². The van der Waals surface area contributed by atoms with Gasteiger partial charge in [-0.1, -0.05) is 42.5 Å². The number of para-hydroxylation sites is 1. The Kier molecular flexibility index (Phi) is 6.37. The van der Waals surface area contributed by atoms with E-state index in [1.165, 1.54) is 29.5 Å². The molecular formula is C25H23FN2O2S. The molecule has 1 aliphatic rings. The molecule has 0 aromatic heterocycles. The highest BCUT2D eigenvalue weighted by Crippen LogP contribution is 2.30. The molecule has 4 nitrogen and oxygen atoms in total. The number of anilines is 1. The number of nitrogens with one attached hydrogen (secondary N) is 1. The average molecular weight is 435 g/mol. The Morgan fingerprint density at radius 2 is 1.74 bits per heavy atom. The number of carbonyl (C=O) groups excluding carboxylic acids is 2. The molecule has 0 radical (unpaired) electrons. The fourth-order valence-corrected chi connectivity index (χ4v) is 4.63. The van der Waals surface area contributed by atoms with Gasteiger partial charge in [-0.25, -0.2) is 4.39 Å². The molecule has 1 heterocycles. The predicted molar refractivity (Wildman–Crippen MR) is 122 cm³/mol. The Labute approximate surface area is 185 Å². The molecule has 2 amide bonds. The Balaban J connectivity index is 1.42. The van der Waals surface area contributed by atoms with Gasteiger partial charge >= 0.3 is 0 Å². The summed E-state index contributed by atoms with van der Waals surface area (Å²) in [6, 6.07) is 21.0. The zero-order valence-corrected chi connectivity index (χ0v) is 18.0. The predicted octanol–water partition coefficient (Wildman–Crippen LogP) is 5.00. The number of halogens is 1. The van der Waals surface area contributed by atoms with Crippen LogP contribution in [0.5, 0.6) is 0 Å². The van der Waals surface area contributed by atoms with Crippen molar-refractivity contribution in [3.8, 4) is 0 Å². The second kappa shape index (κ2) is 9.35. The lowest BCUT2D eigenvalue weighted by molar-refractivity contribution is -0.116. The van der Waals surface area contributed by atoms with Crippen LogP contribution in [0.1, 0.15) is 34.5 Å². The number of amides is 2. The van der Waals surface area contributed by atoms with Crippen LogP contribution < -0.4 is 10.2 Å². The summed E-state index contributed by atoms with van der Waals surface area (Å²) in [5.74, 6) is -0.246. The first kappa shape index (κ1) is 21.1. The van der Waals surface area contributed by atoms with Crippen molar-refractivity contribution in [1.29, 1.82) is 0 Å². The molecule has 0 spiro atoms. The summed E-state index contributed by atoms with van der Waals surface area (Å²) in [5.41, 5.74) is 3.52. The Hall–Kier alpha value is -3.12. The van der Waals surface area contributed by atoms with Crippen molar-refractivity contribution in [3.05, 3.63) is 95.3 Å². The minimum atomic E-state index is -0.311. The second-order valence-electron chi connectivity index (χ2n) is 7.46. The average Bonchev–Trinajstić information content (AvgIpc) is 3.22. The van der Waals surface area contributed by atoms with Crippen LogP contribution >= 0.6 is 11.8 Å². The molecule has 0 saturated carbocycles. The summed E-state index contributed by atoms with van der Waals surface area (Å²) in [7, 11) is 0. The molecule has 6 heteroatoms. The summed E-state index contributed by atoms with van der Waals surface area (Å²) < 4.78 is 13.2. The normalized spacial score (nSPS) is 13.5. The number of hydrogen-bond acceptors (Lipinski definition) is 3. The lowest BCUT2D eigenvalue weighted by Gasteiger charge is -2.18. The zero-order valence-electron chi connectivity index (χ0n) is 17.2. The summed E-state index contributed by atoms with van der Waals surface area (Å²) in [6.07, 6.45) is 0.868. The topological polar surface area (TPSA) is 49.4 Å². The molecule has 3 aromatic carbocycles. The van der Waals surface area contributed by atoms with Gasteiger partial charge in [0.25, 0.3) is 5.91 Å². The van der Waals surface area contributed by atoms with E-state index in [1.54, 1.807) is 24.3 Å². The maximum Gasteiger partial charge on any atom is 0.252 e. The minimum Gasteiger partial charge on any atom is -0.345 e. The third kappa shape index (κ3) is 4.80. The summed E-state index contributed by atoms with van der Waals surface area (Å²) in [5, 5.41) is 2.96. The van der Waals surface area contributed by atoms with E-state index in [9.17, 15) is 14.0 Å². The molecular weight excluding hydrogens is 411 g/mol. The van der Waals surface area contributed by atoms with Crippen LogP contribution in [0.25, 0.3) is 0 Å². The van der Waals surface area contributed by atoms with E-state index >= 15 is 0 Å². The summed E-state index contributed by atoms with van der Waals surface area (Å²) in [4.78, 5) is 28.3. The van der Waals surface area contributed by atoms with E-state index in [-0.39, 0.29) is 29.4 Å². The lowest BCUT2D eigenvalue weighted by Crippen LogP contribution is -2.30. The van der Waals surface area contributed by atoms with Gasteiger partial charge in [-0.05, 0) is 54.8 Å². The van der Waals surface area contributed by atoms with Gasteiger partial charge in [0.1, 0.15) is 5.82 Å². The lowest BCUT2D eigenvalue weighted by atomic mass is 10.1. The van der Waals surface area contributed by atoms with Gasteiger partial charge in [0.15, 0.2) is 0 Å². The van der Waals surface area contributed by atoms with Crippen LogP contribution in [0.15, 0.2) is 77.7 Å². The number of benzene rings is 3. The minimum absolute atomic E-state index is 0.0323. The Morgan fingerprint density at radius 1 is 1.03 bits per heavy atom. The van der Waals surface area contributed by atoms with Gasteiger partial charge in [0.2, 0.25) is 5.91 Å². The molecule has 158 valence electrons. The number of hydrogen-bond donors (Lipinski definition) is 1. The highest BCUT2D eigenvalue weighted by atomic mass is 32.2. The molecule has 1 aliphatic heterocycles. The number of nitrogens with zero attached hydrogens (tertiary/aromatic N) is 1. The van der Waals surface area contributed by atoms with Crippen molar-refractivity contribution in [2.45, 2.75) is 24.3 Å². The van der Waals surface area contributed by atoms with Crippen molar-refractivity contribution in [1.82, 2.24) is 5.32 Å². The molecule has 3 aromatic rings. The van der Waals surface area contributed by atoms with Crippen molar-refractivity contribution >= 4 is 29.3 Å². The second-order valence-corrected chi connectivity index (χ2v) is 8.47. The standard InChI is InChI=1S/C25H23FN2O2S/c1-17(18-10-12-20(26)13-11-18)27-25(30)21-7-3-5-9-23(21)31-16-24(29)28-15-14-19-6-2-4-8-22(19)28/h2-13,17H,14-16H2,1H3,(H,27,30).